The van der Waals surface area contributed by atoms with Crippen molar-refractivity contribution in [1.29, 1.82) is 0 Å². The van der Waals surface area contributed by atoms with E-state index in [1.807, 2.05) is 0 Å². The Morgan fingerprint density at radius 2 is 1.76 bits per heavy atom. The molecule has 34 heavy (non-hydrogen) atoms. The zero-order chi connectivity index (χ0) is 25.8. The van der Waals surface area contributed by atoms with Gasteiger partial charge < -0.3 is 23.5 Å². The van der Waals surface area contributed by atoms with E-state index in [4.69, 9.17) is 18.6 Å². The van der Waals surface area contributed by atoms with Crippen molar-refractivity contribution in [3.05, 3.63) is 42.2 Å². The van der Waals surface area contributed by atoms with Crippen LogP contribution < -0.4 is 14.8 Å². The van der Waals surface area contributed by atoms with Gasteiger partial charge in [0.25, 0.3) is 5.91 Å². The van der Waals surface area contributed by atoms with Crippen molar-refractivity contribution in [2.75, 3.05) is 26.1 Å². The number of likely N-dealkylation sites (tertiary alicyclic amines) is 1. The number of hydrogen-bond donors (Lipinski definition) is 1. The number of amides is 2. The van der Waals surface area contributed by atoms with Crippen LogP contribution in [0.25, 0.3) is 0 Å². The van der Waals surface area contributed by atoms with Gasteiger partial charge in [-0.05, 0) is 37.9 Å². The standard InChI is InChI=1S/C25H38N2O6Si/c1-15(2)32-24(29)26-18-13-21(31-8)20(30-7)12-17(18)23(28)27-14-16(3)11-19(27)22(25(4,5)6)33-34(9)10/h12-13,19,22,34H,1,3,11,14H2,2,4-10H3,(H,26,29)/t19-,22?/m0/s1. The summed E-state index contributed by atoms with van der Waals surface area (Å²) < 4.78 is 22.3. The quantitative estimate of drug-likeness (QED) is 0.314. The van der Waals surface area contributed by atoms with Gasteiger partial charge in [0.2, 0.25) is 0 Å². The molecule has 2 rings (SSSR count). The largest absolute Gasteiger partial charge is 0.493 e. The Balaban J connectivity index is 2.54. The highest BCUT2D eigenvalue weighted by atomic mass is 28.3. The lowest BCUT2D eigenvalue weighted by molar-refractivity contribution is 0.0139. The molecule has 0 saturated carbocycles. The molecule has 1 fully saturated rings. The van der Waals surface area contributed by atoms with E-state index in [2.05, 4.69) is 52.3 Å². The number of nitrogens with one attached hydrogen (secondary N) is 1. The average Bonchev–Trinajstić information content (AvgIpc) is 3.10. The molecule has 0 aromatic heterocycles. The van der Waals surface area contributed by atoms with Crippen LogP contribution in [0.4, 0.5) is 10.5 Å². The second kappa shape index (κ2) is 11.1. The minimum absolute atomic E-state index is 0.160. The molecular formula is C25H38N2O6Si. The lowest BCUT2D eigenvalue weighted by Crippen LogP contribution is -2.50. The summed E-state index contributed by atoms with van der Waals surface area (Å²) in [6, 6.07) is 2.93. The zero-order valence-corrected chi connectivity index (χ0v) is 22.8. The van der Waals surface area contributed by atoms with Crippen LogP contribution in [0.5, 0.6) is 11.5 Å². The van der Waals surface area contributed by atoms with Gasteiger partial charge >= 0.3 is 6.09 Å². The molecule has 2 atom stereocenters. The fourth-order valence-corrected chi connectivity index (χ4v) is 5.27. The van der Waals surface area contributed by atoms with E-state index >= 15 is 0 Å². The first-order valence-corrected chi connectivity index (χ1v) is 14.1. The van der Waals surface area contributed by atoms with Crippen LogP contribution in [0.15, 0.2) is 36.6 Å². The van der Waals surface area contributed by atoms with Gasteiger partial charge in [-0.25, -0.2) is 4.79 Å². The van der Waals surface area contributed by atoms with Gasteiger partial charge in [0.05, 0.1) is 43.4 Å². The summed E-state index contributed by atoms with van der Waals surface area (Å²) in [5.41, 5.74) is 1.27. The minimum Gasteiger partial charge on any atom is -0.493 e. The molecule has 1 saturated heterocycles. The number of hydrogen-bond acceptors (Lipinski definition) is 6. The fourth-order valence-electron chi connectivity index (χ4n) is 4.09. The number of methoxy groups -OCH3 is 2. The topological polar surface area (TPSA) is 86.3 Å². The van der Waals surface area contributed by atoms with Crippen LogP contribution in [0.2, 0.25) is 13.1 Å². The van der Waals surface area contributed by atoms with Crippen LogP contribution in [0.1, 0.15) is 44.5 Å². The third kappa shape index (κ3) is 6.63. The molecule has 9 heteroatoms. The van der Waals surface area contributed by atoms with Crippen LogP contribution in [-0.2, 0) is 9.16 Å². The lowest BCUT2D eigenvalue weighted by atomic mass is 9.83. The van der Waals surface area contributed by atoms with Crippen molar-refractivity contribution in [3.63, 3.8) is 0 Å². The highest BCUT2D eigenvalue weighted by Gasteiger charge is 2.43. The number of benzene rings is 1. The molecule has 1 N–H and O–H groups in total. The number of carbonyl (C=O) groups excluding carboxylic acids is 2. The van der Waals surface area contributed by atoms with E-state index in [1.165, 1.54) is 14.2 Å². The number of ether oxygens (including phenoxy) is 3. The number of allylic oxidation sites excluding steroid dienone is 1. The summed E-state index contributed by atoms with van der Waals surface area (Å²) in [7, 11) is 1.58. The molecule has 1 aromatic carbocycles. The Morgan fingerprint density at radius 1 is 1.18 bits per heavy atom. The second-order valence-electron chi connectivity index (χ2n) is 9.90. The third-order valence-electron chi connectivity index (χ3n) is 5.43. The molecule has 1 unspecified atom stereocenters. The SMILES string of the molecule is C=C1C[C@@H](C(O[SiH](C)C)C(C)(C)C)N(C(=O)c2cc(OC)c(OC)cc2NC(=O)OC(=C)C)C1. The number of rotatable bonds is 8. The van der Waals surface area contributed by atoms with Crippen LogP contribution >= 0.6 is 0 Å². The van der Waals surface area contributed by atoms with Gasteiger partial charge in [-0.1, -0.05) is 39.5 Å². The molecule has 0 radical (unpaired) electrons. The van der Waals surface area contributed by atoms with Gasteiger partial charge in [0.1, 0.15) is 0 Å². The predicted octanol–water partition coefficient (Wildman–Crippen LogP) is 4.97. The molecule has 8 nitrogen and oxygen atoms in total. The van der Waals surface area contributed by atoms with E-state index in [0.717, 1.165) is 5.57 Å². The van der Waals surface area contributed by atoms with E-state index < -0.39 is 15.1 Å². The van der Waals surface area contributed by atoms with Crippen LogP contribution in [0.3, 0.4) is 0 Å². The highest BCUT2D eigenvalue weighted by molar-refractivity contribution is 6.48. The summed E-state index contributed by atoms with van der Waals surface area (Å²) in [5.74, 6) is 0.703. The molecule has 1 heterocycles. The van der Waals surface area contributed by atoms with E-state index in [1.54, 1.807) is 24.0 Å². The van der Waals surface area contributed by atoms with Gasteiger partial charge in [0, 0.05) is 12.6 Å². The summed E-state index contributed by atoms with van der Waals surface area (Å²) in [4.78, 5) is 28.1. The smallest absolute Gasteiger partial charge is 0.416 e. The molecular weight excluding hydrogens is 452 g/mol. The summed E-state index contributed by atoms with van der Waals surface area (Å²) in [5, 5.41) is 2.64. The Hall–Kier alpha value is -2.78. The molecule has 1 aromatic rings. The number of nitrogens with zero attached hydrogens (tertiary/aromatic N) is 1. The van der Waals surface area contributed by atoms with Crippen molar-refractivity contribution >= 4 is 26.7 Å². The van der Waals surface area contributed by atoms with Gasteiger partial charge in [-0.3, -0.25) is 10.1 Å². The number of carbonyl (C=O) groups is 2. The molecule has 0 spiro atoms. The normalized spacial score (nSPS) is 16.9. The molecule has 0 aliphatic carbocycles. The van der Waals surface area contributed by atoms with Gasteiger partial charge in [-0.15, -0.1) is 0 Å². The predicted molar refractivity (Wildman–Crippen MR) is 136 cm³/mol. The Labute approximate surface area is 204 Å². The highest BCUT2D eigenvalue weighted by Crippen LogP contribution is 2.39. The maximum atomic E-state index is 13.9. The van der Waals surface area contributed by atoms with Crippen molar-refractivity contribution in [2.45, 2.75) is 59.4 Å². The molecule has 1 aliphatic heterocycles. The molecule has 2 amide bonds. The average molecular weight is 491 g/mol. The monoisotopic (exact) mass is 490 g/mol. The number of anilines is 1. The first kappa shape index (κ1) is 27.5. The molecule has 0 bridgehead atoms. The third-order valence-corrected chi connectivity index (χ3v) is 6.27. The maximum absolute atomic E-state index is 13.9. The van der Waals surface area contributed by atoms with Gasteiger partial charge in [0.15, 0.2) is 20.5 Å². The summed E-state index contributed by atoms with van der Waals surface area (Å²) in [6.45, 7) is 20.3. The molecule has 188 valence electrons. The Kier molecular flexibility index (Phi) is 8.96. The van der Waals surface area contributed by atoms with Crippen molar-refractivity contribution in [3.8, 4) is 11.5 Å². The summed E-state index contributed by atoms with van der Waals surface area (Å²) >= 11 is 0. The Bertz CT molecular complexity index is 953. The fraction of sp³-hybridized carbons (Fsp3) is 0.520. The molecule has 1 aliphatic rings. The van der Waals surface area contributed by atoms with Gasteiger partial charge in [-0.2, -0.15) is 0 Å². The zero-order valence-electron chi connectivity index (χ0n) is 21.6. The van der Waals surface area contributed by atoms with Crippen LogP contribution in [0, 0.1) is 5.41 Å². The minimum atomic E-state index is -1.39. The van der Waals surface area contributed by atoms with Crippen molar-refractivity contribution in [2.24, 2.45) is 5.41 Å². The first-order valence-electron chi connectivity index (χ1n) is 11.3. The first-order chi connectivity index (χ1) is 15.8. The van der Waals surface area contributed by atoms with E-state index in [0.29, 0.717) is 24.5 Å². The second-order valence-corrected chi connectivity index (χ2v) is 12.3. The van der Waals surface area contributed by atoms with Crippen molar-refractivity contribution < 1.29 is 28.2 Å². The van der Waals surface area contributed by atoms with E-state index in [-0.39, 0.29) is 40.5 Å². The van der Waals surface area contributed by atoms with Crippen LogP contribution in [-0.4, -0.2) is 58.9 Å². The Morgan fingerprint density at radius 3 is 2.26 bits per heavy atom. The summed E-state index contributed by atoms with van der Waals surface area (Å²) in [6.07, 6.45) is -0.257. The van der Waals surface area contributed by atoms with Crippen molar-refractivity contribution in [1.82, 2.24) is 4.90 Å². The lowest BCUT2D eigenvalue weighted by Gasteiger charge is -2.40. The van der Waals surface area contributed by atoms with E-state index in [9.17, 15) is 9.59 Å². The maximum Gasteiger partial charge on any atom is 0.416 e.